The largest absolute Gasteiger partial charge is 0.0668 e. The Labute approximate surface area is 105 Å². The van der Waals surface area contributed by atoms with Gasteiger partial charge in [-0.25, -0.2) is 0 Å². The van der Waals surface area contributed by atoms with E-state index in [1.807, 2.05) is 0 Å². The van der Waals surface area contributed by atoms with Crippen molar-refractivity contribution in [3.05, 3.63) is 53.6 Å². The predicted molar refractivity (Wildman–Crippen MR) is 75.8 cm³/mol. The van der Waals surface area contributed by atoms with Crippen LogP contribution in [0, 0.1) is 5.92 Å². The molecule has 0 heterocycles. The Bertz CT molecular complexity index is 409. The molecule has 1 aromatic rings. The Morgan fingerprint density at radius 3 is 2.47 bits per heavy atom. The quantitative estimate of drug-likeness (QED) is 0.659. The Hall–Kier alpha value is -1.30. The first-order chi connectivity index (χ1) is 8.35. The van der Waals surface area contributed by atoms with Crippen LogP contribution < -0.4 is 0 Å². The molecule has 0 saturated heterocycles. The number of hydrogen-bond acceptors (Lipinski definition) is 0. The second-order valence-corrected chi connectivity index (χ2v) is 4.86. The molecule has 0 saturated carbocycles. The minimum absolute atomic E-state index is 0.759. The lowest BCUT2D eigenvalue weighted by molar-refractivity contribution is 0.573. The molecule has 1 atom stereocenters. The summed E-state index contributed by atoms with van der Waals surface area (Å²) in [6.45, 7) is 4.58. The fourth-order valence-corrected chi connectivity index (χ4v) is 2.66. The molecular formula is C17H22. The molecule has 0 fully saturated rings. The molecule has 17 heavy (non-hydrogen) atoms. The third-order valence-electron chi connectivity index (χ3n) is 3.67. The van der Waals surface area contributed by atoms with Gasteiger partial charge in [-0.3, -0.25) is 0 Å². The number of rotatable bonds is 4. The van der Waals surface area contributed by atoms with E-state index in [-0.39, 0.29) is 0 Å². The van der Waals surface area contributed by atoms with E-state index >= 15 is 0 Å². The van der Waals surface area contributed by atoms with Crippen molar-refractivity contribution in [3.8, 4) is 0 Å². The summed E-state index contributed by atoms with van der Waals surface area (Å²) < 4.78 is 0. The van der Waals surface area contributed by atoms with Gasteiger partial charge in [0.2, 0.25) is 0 Å². The second-order valence-electron chi connectivity index (χ2n) is 4.86. The minimum Gasteiger partial charge on any atom is -0.0668 e. The summed E-state index contributed by atoms with van der Waals surface area (Å²) in [6, 6.07) is 10.8. The standard InChI is InChI=1S/C17H22/c1-3-8-15-11-12-17(13-14(15)4-2)16-9-6-5-7-10-16/h5-7,9-12,14H,3-4,8,13H2,1-2H3. The van der Waals surface area contributed by atoms with Gasteiger partial charge in [0.25, 0.3) is 0 Å². The van der Waals surface area contributed by atoms with E-state index in [0.717, 1.165) is 5.92 Å². The van der Waals surface area contributed by atoms with Crippen LogP contribution in [0.3, 0.4) is 0 Å². The van der Waals surface area contributed by atoms with Gasteiger partial charge in [0.15, 0.2) is 0 Å². The molecule has 1 aliphatic rings. The van der Waals surface area contributed by atoms with Crippen molar-refractivity contribution in [2.45, 2.75) is 39.5 Å². The highest BCUT2D eigenvalue weighted by Crippen LogP contribution is 2.34. The van der Waals surface area contributed by atoms with Crippen LogP contribution in [0.4, 0.5) is 0 Å². The van der Waals surface area contributed by atoms with Gasteiger partial charge in [-0.05, 0) is 36.3 Å². The lowest BCUT2D eigenvalue weighted by Crippen LogP contribution is -2.08. The van der Waals surface area contributed by atoms with E-state index in [4.69, 9.17) is 0 Å². The summed E-state index contributed by atoms with van der Waals surface area (Å²) in [4.78, 5) is 0. The molecule has 0 radical (unpaired) electrons. The number of allylic oxidation sites excluding steroid dienone is 4. The number of hydrogen-bond donors (Lipinski definition) is 0. The third-order valence-corrected chi connectivity index (χ3v) is 3.67. The molecule has 1 aromatic carbocycles. The lowest BCUT2D eigenvalue weighted by Gasteiger charge is -2.24. The molecule has 90 valence electrons. The van der Waals surface area contributed by atoms with Gasteiger partial charge < -0.3 is 0 Å². The predicted octanol–water partition coefficient (Wildman–Crippen LogP) is 5.23. The van der Waals surface area contributed by atoms with Crippen LogP contribution in [0.1, 0.15) is 45.1 Å². The van der Waals surface area contributed by atoms with Crippen LogP contribution in [0.25, 0.3) is 5.57 Å². The molecule has 0 aromatic heterocycles. The molecule has 0 spiro atoms. The molecule has 0 heteroatoms. The smallest absolute Gasteiger partial charge is 0.0162 e. The summed E-state index contributed by atoms with van der Waals surface area (Å²) in [5.41, 5.74) is 4.53. The normalized spacial score (nSPS) is 19.8. The minimum atomic E-state index is 0.759. The Morgan fingerprint density at radius 1 is 1.06 bits per heavy atom. The van der Waals surface area contributed by atoms with Crippen LogP contribution in [0.2, 0.25) is 0 Å². The van der Waals surface area contributed by atoms with Crippen molar-refractivity contribution in [2.24, 2.45) is 5.92 Å². The van der Waals surface area contributed by atoms with Gasteiger partial charge in [0.05, 0.1) is 0 Å². The summed E-state index contributed by atoms with van der Waals surface area (Å²) >= 11 is 0. The zero-order valence-electron chi connectivity index (χ0n) is 10.9. The van der Waals surface area contributed by atoms with Crippen molar-refractivity contribution in [1.82, 2.24) is 0 Å². The van der Waals surface area contributed by atoms with Gasteiger partial charge in [0.1, 0.15) is 0 Å². The van der Waals surface area contributed by atoms with E-state index in [2.05, 4.69) is 56.3 Å². The molecule has 0 N–H and O–H groups in total. The topological polar surface area (TPSA) is 0 Å². The first kappa shape index (κ1) is 12.2. The lowest BCUT2D eigenvalue weighted by atomic mass is 9.81. The summed E-state index contributed by atoms with van der Waals surface area (Å²) in [6.07, 6.45) is 9.69. The monoisotopic (exact) mass is 226 g/mol. The zero-order chi connectivity index (χ0) is 12.1. The maximum atomic E-state index is 2.36. The van der Waals surface area contributed by atoms with Crippen LogP contribution in [0.15, 0.2) is 48.1 Å². The fraction of sp³-hybridized carbons (Fsp3) is 0.412. The molecule has 0 bridgehead atoms. The summed E-state index contributed by atoms with van der Waals surface area (Å²) in [7, 11) is 0. The summed E-state index contributed by atoms with van der Waals surface area (Å²) in [5, 5.41) is 0. The average molecular weight is 226 g/mol. The highest BCUT2D eigenvalue weighted by Gasteiger charge is 2.17. The molecule has 0 amide bonds. The molecule has 2 rings (SSSR count). The molecule has 0 nitrogen and oxygen atoms in total. The van der Waals surface area contributed by atoms with E-state index < -0.39 is 0 Å². The highest BCUT2D eigenvalue weighted by atomic mass is 14.2. The number of benzene rings is 1. The third kappa shape index (κ3) is 2.88. The van der Waals surface area contributed by atoms with Crippen LogP contribution in [0.5, 0.6) is 0 Å². The van der Waals surface area contributed by atoms with E-state index in [0.29, 0.717) is 0 Å². The van der Waals surface area contributed by atoms with E-state index in [1.165, 1.54) is 36.8 Å². The van der Waals surface area contributed by atoms with Crippen LogP contribution in [-0.2, 0) is 0 Å². The summed E-state index contributed by atoms with van der Waals surface area (Å²) in [5.74, 6) is 0.759. The van der Waals surface area contributed by atoms with Gasteiger partial charge in [-0.2, -0.15) is 0 Å². The van der Waals surface area contributed by atoms with Crippen molar-refractivity contribution in [1.29, 1.82) is 0 Å². The van der Waals surface area contributed by atoms with Gasteiger partial charge in [-0.1, -0.05) is 68.3 Å². The van der Waals surface area contributed by atoms with Crippen molar-refractivity contribution >= 4 is 5.57 Å². The van der Waals surface area contributed by atoms with E-state index in [1.54, 1.807) is 5.57 Å². The van der Waals surface area contributed by atoms with Crippen molar-refractivity contribution < 1.29 is 0 Å². The van der Waals surface area contributed by atoms with Gasteiger partial charge in [-0.15, -0.1) is 0 Å². The molecule has 1 aliphatic carbocycles. The molecule has 1 unspecified atom stereocenters. The SMILES string of the molecule is CCCC1=CC=C(c2ccccc2)CC1CC. The van der Waals surface area contributed by atoms with Crippen molar-refractivity contribution in [2.75, 3.05) is 0 Å². The van der Waals surface area contributed by atoms with Crippen LogP contribution in [-0.4, -0.2) is 0 Å². The Kier molecular flexibility index (Phi) is 4.19. The Morgan fingerprint density at radius 2 is 1.82 bits per heavy atom. The average Bonchev–Trinajstić information content (AvgIpc) is 2.40. The van der Waals surface area contributed by atoms with Gasteiger partial charge in [0, 0.05) is 0 Å². The van der Waals surface area contributed by atoms with E-state index in [9.17, 15) is 0 Å². The first-order valence-corrected chi connectivity index (χ1v) is 6.80. The maximum Gasteiger partial charge on any atom is -0.0162 e. The maximum absolute atomic E-state index is 2.36. The fourth-order valence-electron chi connectivity index (χ4n) is 2.66. The Balaban J connectivity index is 2.22. The zero-order valence-corrected chi connectivity index (χ0v) is 10.9. The van der Waals surface area contributed by atoms with Gasteiger partial charge >= 0.3 is 0 Å². The molecule has 0 aliphatic heterocycles. The van der Waals surface area contributed by atoms with Crippen molar-refractivity contribution in [3.63, 3.8) is 0 Å². The molecular weight excluding hydrogens is 204 g/mol. The van der Waals surface area contributed by atoms with Crippen LogP contribution >= 0.6 is 0 Å². The first-order valence-electron chi connectivity index (χ1n) is 6.80. The highest BCUT2D eigenvalue weighted by molar-refractivity contribution is 5.69. The second kappa shape index (κ2) is 5.86.